The van der Waals surface area contributed by atoms with Gasteiger partial charge in [-0.25, -0.2) is 8.42 Å². The molecule has 1 unspecified atom stereocenters. The third-order valence-corrected chi connectivity index (χ3v) is 5.59. The summed E-state index contributed by atoms with van der Waals surface area (Å²) < 4.78 is 25.0. The van der Waals surface area contributed by atoms with Gasteiger partial charge in [0, 0.05) is 48.1 Å². The number of sulfonamides is 1. The molecule has 166 valence electrons. The van der Waals surface area contributed by atoms with Gasteiger partial charge in [-0.15, -0.1) is 24.8 Å². The molecule has 3 rings (SSSR count). The van der Waals surface area contributed by atoms with E-state index in [-0.39, 0.29) is 36.5 Å². The number of carbonyl (C=O) groups is 1. The van der Waals surface area contributed by atoms with E-state index in [9.17, 15) is 13.2 Å². The number of halogens is 2. The van der Waals surface area contributed by atoms with Gasteiger partial charge in [0.2, 0.25) is 10.0 Å². The maximum Gasteiger partial charge on any atom is 0.229 e. The van der Waals surface area contributed by atoms with Crippen LogP contribution in [0.2, 0.25) is 0 Å². The average Bonchev–Trinajstić information content (AvgIpc) is 2.65. The molecule has 1 aliphatic heterocycles. The van der Waals surface area contributed by atoms with Crippen LogP contribution >= 0.6 is 24.8 Å². The molecule has 1 saturated heterocycles. The quantitative estimate of drug-likeness (QED) is 0.619. The number of hydrogen-bond donors (Lipinski definition) is 1. The number of rotatable bonds is 7. The molecule has 2 heterocycles. The Morgan fingerprint density at radius 1 is 1.17 bits per heavy atom. The molecule has 30 heavy (non-hydrogen) atoms. The number of aryl methyl sites for hydroxylation is 1. The smallest absolute Gasteiger partial charge is 0.229 e. The number of hydrogen-bond acceptors (Lipinski definition) is 5. The van der Waals surface area contributed by atoms with E-state index < -0.39 is 10.0 Å². The van der Waals surface area contributed by atoms with Gasteiger partial charge in [-0.2, -0.15) is 0 Å². The first-order chi connectivity index (χ1) is 13.3. The van der Waals surface area contributed by atoms with E-state index in [4.69, 9.17) is 0 Å². The second-order valence-corrected chi connectivity index (χ2v) is 9.22. The first kappa shape index (κ1) is 26.4. The summed E-state index contributed by atoms with van der Waals surface area (Å²) >= 11 is 0. The van der Waals surface area contributed by atoms with Crippen LogP contribution in [0.3, 0.4) is 0 Å². The number of anilines is 1. The molecule has 0 spiro atoms. The monoisotopic (exact) mass is 473 g/mol. The van der Waals surface area contributed by atoms with E-state index >= 15 is 0 Å². The summed E-state index contributed by atoms with van der Waals surface area (Å²) in [6.45, 7) is 4.66. The molecule has 0 bridgehead atoms. The zero-order valence-electron chi connectivity index (χ0n) is 17.2. The summed E-state index contributed by atoms with van der Waals surface area (Å²) in [5.41, 5.74) is 3.21. The number of nitrogens with zero attached hydrogens (tertiary/aromatic N) is 2. The lowest BCUT2D eigenvalue weighted by Crippen LogP contribution is -2.39. The number of likely N-dealkylation sites (tertiary alicyclic amines) is 1. The van der Waals surface area contributed by atoms with Crippen LogP contribution in [0.25, 0.3) is 0 Å². The molecular formula is C21H29Cl2N3O3S. The third kappa shape index (κ3) is 7.87. The van der Waals surface area contributed by atoms with Gasteiger partial charge in [-0.1, -0.05) is 6.07 Å². The Balaban J connectivity index is 0.00000225. The molecule has 1 aromatic heterocycles. The Morgan fingerprint density at radius 3 is 2.50 bits per heavy atom. The Morgan fingerprint density at radius 2 is 1.87 bits per heavy atom. The number of Topliss-reactive ketones (excluding diaryl/α,β-unsaturated/α-hetero) is 1. The minimum Gasteiger partial charge on any atom is -0.302 e. The first-order valence-electron chi connectivity index (χ1n) is 9.57. The van der Waals surface area contributed by atoms with Gasteiger partial charge in [-0.3, -0.25) is 14.5 Å². The van der Waals surface area contributed by atoms with Crippen molar-refractivity contribution < 1.29 is 13.2 Å². The molecule has 1 aliphatic rings. The molecule has 6 nitrogen and oxygen atoms in total. The highest BCUT2D eigenvalue weighted by atomic mass is 35.5. The van der Waals surface area contributed by atoms with Crippen molar-refractivity contribution in [2.75, 3.05) is 30.6 Å². The van der Waals surface area contributed by atoms with Crippen molar-refractivity contribution in [1.82, 2.24) is 9.88 Å². The second-order valence-electron chi connectivity index (χ2n) is 7.48. The van der Waals surface area contributed by atoms with Crippen molar-refractivity contribution in [3.63, 3.8) is 0 Å². The zero-order chi connectivity index (χ0) is 20.1. The molecule has 1 atom stereocenters. The summed E-state index contributed by atoms with van der Waals surface area (Å²) in [6, 6.07) is 12.7. The molecule has 0 saturated carbocycles. The van der Waals surface area contributed by atoms with Crippen molar-refractivity contribution in [3.05, 3.63) is 59.4 Å². The van der Waals surface area contributed by atoms with E-state index in [1.165, 1.54) is 0 Å². The molecule has 0 radical (unpaired) electrons. The summed E-state index contributed by atoms with van der Waals surface area (Å²) in [6.07, 6.45) is 3.89. The molecule has 1 fully saturated rings. The van der Waals surface area contributed by atoms with E-state index in [1.54, 1.807) is 24.3 Å². The Bertz CT molecular complexity index is 937. The molecular weight excluding hydrogens is 445 g/mol. The van der Waals surface area contributed by atoms with Crippen molar-refractivity contribution >= 4 is 46.3 Å². The number of aromatic nitrogens is 1. The lowest BCUT2D eigenvalue weighted by atomic mass is 9.90. The van der Waals surface area contributed by atoms with Crippen LogP contribution in [0.1, 0.15) is 34.6 Å². The maximum absolute atomic E-state index is 12.9. The van der Waals surface area contributed by atoms with Crippen LogP contribution in [-0.2, 0) is 16.4 Å². The molecule has 1 aromatic carbocycles. The van der Waals surface area contributed by atoms with E-state index in [2.05, 4.69) is 14.6 Å². The fraction of sp³-hybridized carbons (Fsp3) is 0.429. The summed E-state index contributed by atoms with van der Waals surface area (Å²) in [4.78, 5) is 19.8. The standard InChI is InChI=1S/C21H27N3O3S.2ClH/c1-16-5-3-7-19(22-16)12-14-24-13-4-6-18(15-24)21(25)17-8-10-20(11-9-17)23-28(2,26)27;;/h3,5,7-11,18,23H,4,6,12-15H2,1-2H3;2*1H. The van der Waals surface area contributed by atoms with Crippen molar-refractivity contribution in [3.8, 4) is 0 Å². The zero-order valence-corrected chi connectivity index (χ0v) is 19.7. The third-order valence-electron chi connectivity index (χ3n) is 4.98. The van der Waals surface area contributed by atoms with Gasteiger partial charge in [-0.05, 0) is 62.7 Å². The average molecular weight is 474 g/mol. The molecule has 0 aliphatic carbocycles. The van der Waals surface area contributed by atoms with Gasteiger partial charge in [0.05, 0.1) is 6.26 Å². The Kier molecular flexibility index (Phi) is 10.2. The summed E-state index contributed by atoms with van der Waals surface area (Å²) in [7, 11) is -3.32. The lowest BCUT2D eigenvalue weighted by Gasteiger charge is -2.32. The number of benzene rings is 1. The van der Waals surface area contributed by atoms with Crippen LogP contribution in [0, 0.1) is 12.8 Å². The number of carbonyl (C=O) groups excluding carboxylic acids is 1. The highest BCUT2D eigenvalue weighted by Crippen LogP contribution is 2.22. The minimum atomic E-state index is -3.32. The van der Waals surface area contributed by atoms with Gasteiger partial charge in [0.15, 0.2) is 5.78 Å². The fourth-order valence-electron chi connectivity index (χ4n) is 3.64. The van der Waals surface area contributed by atoms with Gasteiger partial charge < -0.3 is 4.90 Å². The number of nitrogens with one attached hydrogen (secondary N) is 1. The van der Waals surface area contributed by atoms with Crippen molar-refractivity contribution in [1.29, 1.82) is 0 Å². The van der Waals surface area contributed by atoms with Gasteiger partial charge >= 0.3 is 0 Å². The minimum absolute atomic E-state index is 0. The van der Waals surface area contributed by atoms with Crippen molar-refractivity contribution in [2.24, 2.45) is 5.92 Å². The number of ketones is 1. The number of pyridine rings is 1. The Labute approximate surface area is 191 Å². The summed E-state index contributed by atoms with van der Waals surface area (Å²) in [5, 5.41) is 0. The largest absolute Gasteiger partial charge is 0.302 e. The van der Waals surface area contributed by atoms with E-state index in [1.807, 2.05) is 25.1 Å². The molecule has 2 aromatic rings. The molecule has 9 heteroatoms. The van der Waals surface area contributed by atoms with Crippen LogP contribution in [0.15, 0.2) is 42.5 Å². The normalized spacial score (nSPS) is 16.8. The SMILES string of the molecule is Cc1cccc(CCN2CCCC(C(=O)c3ccc(NS(C)(=O)=O)cc3)C2)n1.Cl.Cl. The highest BCUT2D eigenvalue weighted by molar-refractivity contribution is 7.92. The predicted octanol–water partition coefficient (Wildman–Crippen LogP) is 3.74. The van der Waals surface area contributed by atoms with Crippen LogP contribution in [0.5, 0.6) is 0 Å². The van der Waals surface area contributed by atoms with Crippen LogP contribution < -0.4 is 4.72 Å². The first-order valence-corrected chi connectivity index (χ1v) is 11.5. The second kappa shape index (κ2) is 11.6. The molecule has 0 amide bonds. The fourth-order valence-corrected chi connectivity index (χ4v) is 4.20. The molecule has 1 N–H and O–H groups in total. The summed E-state index contributed by atoms with van der Waals surface area (Å²) in [5.74, 6) is 0.109. The van der Waals surface area contributed by atoms with Gasteiger partial charge in [0.25, 0.3) is 0 Å². The highest BCUT2D eigenvalue weighted by Gasteiger charge is 2.26. The maximum atomic E-state index is 12.9. The Hall–Kier alpha value is -1.67. The lowest BCUT2D eigenvalue weighted by molar-refractivity contribution is 0.0821. The van der Waals surface area contributed by atoms with E-state index in [0.29, 0.717) is 11.3 Å². The van der Waals surface area contributed by atoms with Crippen LogP contribution in [0.4, 0.5) is 5.69 Å². The topological polar surface area (TPSA) is 79.4 Å². The van der Waals surface area contributed by atoms with E-state index in [0.717, 1.165) is 56.5 Å². The predicted molar refractivity (Wildman–Crippen MR) is 126 cm³/mol. The van der Waals surface area contributed by atoms with Crippen molar-refractivity contribution in [2.45, 2.75) is 26.2 Å². The van der Waals surface area contributed by atoms with Crippen LogP contribution in [-0.4, -0.2) is 50.0 Å². The number of piperidine rings is 1. The van der Waals surface area contributed by atoms with Gasteiger partial charge in [0.1, 0.15) is 0 Å².